The molecule has 2 heterocycles. The third-order valence-corrected chi connectivity index (χ3v) is 11.1. The minimum atomic E-state index is 1.16. The number of hydrogen-bond donors (Lipinski definition) is 0. The highest BCUT2D eigenvalue weighted by Crippen LogP contribution is 2.38. The summed E-state index contributed by atoms with van der Waals surface area (Å²) in [5.41, 5.74) is 14.5. The van der Waals surface area contributed by atoms with Crippen molar-refractivity contribution >= 4 is 54.4 Å². The first-order valence-electron chi connectivity index (χ1n) is 18.6. The zero-order valence-corrected chi connectivity index (χ0v) is 29.5. The molecular weight excluding hydrogens is 653 g/mol. The van der Waals surface area contributed by atoms with E-state index in [2.05, 4.69) is 215 Å². The van der Waals surface area contributed by atoms with Gasteiger partial charge < -0.3 is 9.13 Å². The van der Waals surface area contributed by atoms with E-state index in [1.54, 1.807) is 0 Å². The number of hydrogen-bond acceptors (Lipinski definition) is 0. The molecule has 0 spiro atoms. The predicted octanol–water partition coefficient (Wildman–Crippen LogP) is 14.0. The minimum Gasteiger partial charge on any atom is -0.309 e. The van der Waals surface area contributed by atoms with Crippen LogP contribution in [0.1, 0.15) is 0 Å². The van der Waals surface area contributed by atoms with Crippen molar-refractivity contribution in [2.24, 2.45) is 0 Å². The van der Waals surface area contributed by atoms with E-state index in [0.29, 0.717) is 0 Å². The smallest absolute Gasteiger partial charge is 0.0541 e. The van der Waals surface area contributed by atoms with Crippen LogP contribution in [0.5, 0.6) is 0 Å². The molecule has 0 fully saturated rings. The molecule has 0 N–H and O–H groups in total. The third-order valence-electron chi connectivity index (χ3n) is 11.1. The average molecular weight is 687 g/mol. The molecule has 54 heavy (non-hydrogen) atoms. The molecule has 0 amide bonds. The Bertz CT molecular complexity index is 3180. The van der Waals surface area contributed by atoms with Gasteiger partial charge in [0.05, 0.1) is 22.1 Å². The van der Waals surface area contributed by atoms with E-state index in [1.807, 2.05) is 0 Å². The van der Waals surface area contributed by atoms with Crippen molar-refractivity contribution in [1.29, 1.82) is 0 Å². The molecule has 0 aliphatic heterocycles. The molecule has 11 rings (SSSR count). The van der Waals surface area contributed by atoms with Gasteiger partial charge in [0.15, 0.2) is 0 Å². The molecule has 9 aromatic carbocycles. The zero-order valence-electron chi connectivity index (χ0n) is 29.5. The van der Waals surface area contributed by atoms with Crippen molar-refractivity contribution < 1.29 is 0 Å². The van der Waals surface area contributed by atoms with E-state index >= 15 is 0 Å². The highest BCUT2D eigenvalue weighted by atomic mass is 15.0. The Labute approximate surface area is 313 Å². The van der Waals surface area contributed by atoms with Crippen LogP contribution in [-0.4, -0.2) is 9.13 Å². The standard InChI is InChI=1S/C52H34N2/c1-2-10-35(11-3-1)37-22-27-43(28-23-37)53-49-16-8-6-14-45(49)47-33-41(25-30-51(47)53)38-18-20-39(21-19-38)42-26-31-52-48(34-42)46-15-7-9-17-50(46)54(52)44-29-24-36-12-4-5-13-40(36)32-44/h1-34H. The Balaban J connectivity index is 0.957. The average Bonchev–Trinajstić information content (AvgIpc) is 3.76. The van der Waals surface area contributed by atoms with Gasteiger partial charge in [0.2, 0.25) is 0 Å². The Morgan fingerprint density at radius 2 is 0.630 bits per heavy atom. The second-order valence-electron chi connectivity index (χ2n) is 14.2. The molecular formula is C52H34N2. The first kappa shape index (κ1) is 30.5. The van der Waals surface area contributed by atoms with Crippen molar-refractivity contribution in [3.63, 3.8) is 0 Å². The Morgan fingerprint density at radius 1 is 0.222 bits per heavy atom. The van der Waals surface area contributed by atoms with Crippen LogP contribution in [0.3, 0.4) is 0 Å². The van der Waals surface area contributed by atoms with Crippen LogP contribution in [0.4, 0.5) is 0 Å². The van der Waals surface area contributed by atoms with Gasteiger partial charge >= 0.3 is 0 Å². The molecule has 0 bridgehead atoms. The van der Waals surface area contributed by atoms with Crippen LogP contribution in [0.25, 0.3) is 99.1 Å². The highest BCUT2D eigenvalue weighted by molar-refractivity contribution is 6.12. The number of benzene rings is 9. The zero-order chi connectivity index (χ0) is 35.6. The van der Waals surface area contributed by atoms with Crippen LogP contribution >= 0.6 is 0 Å². The van der Waals surface area contributed by atoms with E-state index in [0.717, 1.165) is 5.69 Å². The summed E-state index contributed by atoms with van der Waals surface area (Å²) >= 11 is 0. The predicted molar refractivity (Wildman–Crippen MR) is 229 cm³/mol. The molecule has 0 unspecified atom stereocenters. The second kappa shape index (κ2) is 12.2. The monoisotopic (exact) mass is 686 g/mol. The fourth-order valence-corrected chi connectivity index (χ4v) is 8.47. The van der Waals surface area contributed by atoms with Gasteiger partial charge in [-0.05, 0) is 105 Å². The van der Waals surface area contributed by atoms with Crippen LogP contribution in [0.2, 0.25) is 0 Å². The normalized spacial score (nSPS) is 11.7. The first-order chi connectivity index (χ1) is 26.8. The van der Waals surface area contributed by atoms with Gasteiger partial charge in [-0.15, -0.1) is 0 Å². The van der Waals surface area contributed by atoms with Crippen molar-refractivity contribution in [1.82, 2.24) is 9.13 Å². The van der Waals surface area contributed by atoms with Crippen molar-refractivity contribution in [2.75, 3.05) is 0 Å². The fraction of sp³-hybridized carbons (Fsp3) is 0. The SMILES string of the molecule is c1ccc(-c2ccc(-n3c4ccccc4c4cc(-c5ccc(-c6ccc7c(c6)c6ccccc6n7-c6ccc7ccccc7c6)cc5)ccc43)cc2)cc1. The number of fused-ring (bicyclic) bond motifs is 7. The summed E-state index contributed by atoms with van der Waals surface area (Å²) in [6.07, 6.45) is 0. The number of nitrogens with zero attached hydrogens (tertiary/aromatic N) is 2. The molecule has 2 aromatic heterocycles. The van der Waals surface area contributed by atoms with E-state index in [1.165, 1.54) is 93.5 Å². The van der Waals surface area contributed by atoms with Gasteiger partial charge in [-0.3, -0.25) is 0 Å². The van der Waals surface area contributed by atoms with Crippen LogP contribution < -0.4 is 0 Å². The lowest BCUT2D eigenvalue weighted by Crippen LogP contribution is -1.93. The number of aromatic nitrogens is 2. The molecule has 0 saturated heterocycles. The summed E-state index contributed by atoms with van der Waals surface area (Å²) in [4.78, 5) is 0. The first-order valence-corrected chi connectivity index (χ1v) is 18.6. The lowest BCUT2D eigenvalue weighted by molar-refractivity contribution is 1.18. The van der Waals surface area contributed by atoms with Gasteiger partial charge in [0.1, 0.15) is 0 Å². The summed E-state index contributed by atoms with van der Waals surface area (Å²) in [6.45, 7) is 0. The molecule has 252 valence electrons. The van der Waals surface area contributed by atoms with E-state index in [-0.39, 0.29) is 0 Å². The largest absolute Gasteiger partial charge is 0.309 e. The summed E-state index contributed by atoms with van der Waals surface area (Å²) in [5.74, 6) is 0. The maximum atomic E-state index is 2.40. The van der Waals surface area contributed by atoms with Gasteiger partial charge in [-0.2, -0.15) is 0 Å². The van der Waals surface area contributed by atoms with Gasteiger partial charge in [0, 0.05) is 32.9 Å². The van der Waals surface area contributed by atoms with E-state index in [9.17, 15) is 0 Å². The Kier molecular flexibility index (Phi) is 6.90. The molecule has 2 heteroatoms. The van der Waals surface area contributed by atoms with Gasteiger partial charge in [-0.25, -0.2) is 0 Å². The quantitative estimate of drug-likeness (QED) is 0.171. The highest BCUT2D eigenvalue weighted by Gasteiger charge is 2.16. The Hall–Kier alpha value is -7.16. The molecule has 0 radical (unpaired) electrons. The minimum absolute atomic E-state index is 1.16. The van der Waals surface area contributed by atoms with Crippen molar-refractivity contribution in [3.8, 4) is 44.8 Å². The number of rotatable bonds is 5. The topological polar surface area (TPSA) is 9.86 Å². The van der Waals surface area contributed by atoms with Gasteiger partial charge in [0.25, 0.3) is 0 Å². The third kappa shape index (κ3) is 4.88. The summed E-state index contributed by atoms with van der Waals surface area (Å²) < 4.78 is 4.79. The lowest BCUT2D eigenvalue weighted by Gasteiger charge is -2.10. The van der Waals surface area contributed by atoms with Crippen molar-refractivity contribution in [2.45, 2.75) is 0 Å². The van der Waals surface area contributed by atoms with Gasteiger partial charge in [-0.1, -0.05) is 146 Å². The fourth-order valence-electron chi connectivity index (χ4n) is 8.47. The maximum absolute atomic E-state index is 2.40. The van der Waals surface area contributed by atoms with Crippen LogP contribution in [-0.2, 0) is 0 Å². The van der Waals surface area contributed by atoms with E-state index in [4.69, 9.17) is 0 Å². The number of para-hydroxylation sites is 2. The molecule has 2 nitrogen and oxygen atoms in total. The molecule has 0 saturated carbocycles. The summed E-state index contributed by atoms with van der Waals surface area (Å²) in [7, 11) is 0. The molecule has 11 aromatic rings. The summed E-state index contributed by atoms with van der Waals surface area (Å²) in [6, 6.07) is 75.2. The van der Waals surface area contributed by atoms with E-state index < -0.39 is 0 Å². The maximum Gasteiger partial charge on any atom is 0.0541 e. The molecule has 0 atom stereocenters. The Morgan fingerprint density at radius 3 is 1.24 bits per heavy atom. The van der Waals surface area contributed by atoms with Crippen LogP contribution in [0, 0.1) is 0 Å². The molecule has 0 aliphatic carbocycles. The lowest BCUT2D eigenvalue weighted by atomic mass is 9.98. The summed E-state index contributed by atoms with van der Waals surface area (Å²) in [5, 5.41) is 7.54. The van der Waals surface area contributed by atoms with Crippen molar-refractivity contribution in [3.05, 3.63) is 206 Å². The second-order valence-corrected chi connectivity index (χ2v) is 14.2. The van der Waals surface area contributed by atoms with Crippen LogP contribution in [0.15, 0.2) is 206 Å². The molecule has 0 aliphatic rings.